The molecule has 4 aromatic carbocycles. The van der Waals surface area contributed by atoms with E-state index in [1.54, 1.807) is 36.4 Å². The van der Waals surface area contributed by atoms with Gasteiger partial charge in [-0.2, -0.15) is 0 Å². The van der Waals surface area contributed by atoms with Crippen LogP contribution >= 0.6 is 0 Å². The summed E-state index contributed by atoms with van der Waals surface area (Å²) in [4.78, 5) is 26.3. The predicted octanol–water partition coefficient (Wildman–Crippen LogP) is 6.53. The molecule has 0 bridgehead atoms. The zero-order chi connectivity index (χ0) is 27.2. The van der Waals surface area contributed by atoms with Gasteiger partial charge in [0.1, 0.15) is 0 Å². The van der Waals surface area contributed by atoms with Crippen LogP contribution in [0.2, 0.25) is 0 Å². The third kappa shape index (κ3) is 6.27. The van der Waals surface area contributed by atoms with E-state index in [-0.39, 0.29) is 23.4 Å². The van der Waals surface area contributed by atoms with E-state index in [2.05, 4.69) is 79.0 Å². The summed E-state index contributed by atoms with van der Waals surface area (Å²) in [6.07, 6.45) is 4.17. The number of hydrogen-bond donors (Lipinski definition) is 2. The second kappa shape index (κ2) is 12.1. The van der Waals surface area contributed by atoms with Gasteiger partial charge in [-0.15, -0.1) is 0 Å². The van der Waals surface area contributed by atoms with Crippen LogP contribution in [0.25, 0.3) is 16.8 Å². The van der Waals surface area contributed by atoms with Crippen molar-refractivity contribution in [2.75, 3.05) is 19.6 Å². The van der Waals surface area contributed by atoms with Crippen LogP contribution in [0.3, 0.4) is 0 Å². The fraction of sp³-hybridized carbons (Fsp3) is 0.235. The van der Waals surface area contributed by atoms with Crippen molar-refractivity contribution < 1.29 is 14.7 Å². The van der Waals surface area contributed by atoms with Gasteiger partial charge in [-0.1, -0.05) is 84.9 Å². The molecule has 2 N–H and O–H groups in total. The third-order valence-corrected chi connectivity index (χ3v) is 7.82. The minimum Gasteiger partial charge on any atom is -0.478 e. The Morgan fingerprint density at radius 1 is 0.974 bits per heavy atom. The fourth-order valence-corrected chi connectivity index (χ4v) is 5.64. The lowest BCUT2D eigenvalue weighted by molar-refractivity contribution is -0.127. The normalized spacial score (nSPS) is 18.3. The van der Waals surface area contributed by atoms with Crippen LogP contribution in [0.15, 0.2) is 103 Å². The van der Waals surface area contributed by atoms with Gasteiger partial charge in [0.05, 0.1) is 5.56 Å². The molecule has 0 spiro atoms. The Morgan fingerprint density at radius 3 is 2.54 bits per heavy atom. The van der Waals surface area contributed by atoms with E-state index >= 15 is 0 Å². The quantitative estimate of drug-likeness (QED) is 0.260. The molecular formula is C34H34N2O3. The molecule has 1 saturated heterocycles. The Hall–Kier alpha value is -4.22. The van der Waals surface area contributed by atoms with Gasteiger partial charge < -0.3 is 15.3 Å². The lowest BCUT2D eigenvalue weighted by Crippen LogP contribution is -2.45. The second-order valence-corrected chi connectivity index (χ2v) is 10.3. The first kappa shape index (κ1) is 26.4. The summed E-state index contributed by atoms with van der Waals surface area (Å²) < 4.78 is 0. The Morgan fingerprint density at radius 2 is 1.72 bits per heavy atom. The Bertz CT molecular complexity index is 1480. The van der Waals surface area contributed by atoms with Crippen LogP contribution in [-0.4, -0.2) is 41.5 Å². The van der Waals surface area contributed by atoms with Crippen molar-refractivity contribution in [2.24, 2.45) is 5.92 Å². The zero-order valence-corrected chi connectivity index (χ0v) is 22.2. The largest absolute Gasteiger partial charge is 0.478 e. The number of nitrogens with zero attached hydrogens (tertiary/aromatic N) is 1. The molecule has 1 heterocycles. The molecule has 3 atom stereocenters. The number of fused-ring (bicyclic) bond motifs is 1. The predicted molar refractivity (Wildman–Crippen MR) is 157 cm³/mol. The van der Waals surface area contributed by atoms with Crippen molar-refractivity contribution >= 4 is 28.7 Å². The van der Waals surface area contributed by atoms with E-state index in [4.69, 9.17) is 0 Å². The summed E-state index contributed by atoms with van der Waals surface area (Å²) >= 11 is 0. The molecule has 1 amide bonds. The van der Waals surface area contributed by atoms with Crippen molar-refractivity contribution in [1.82, 2.24) is 10.2 Å². The number of piperidine rings is 1. The summed E-state index contributed by atoms with van der Waals surface area (Å²) in [5.41, 5.74) is 3.45. The molecule has 4 aromatic rings. The maximum Gasteiger partial charge on any atom is 0.335 e. The number of rotatable bonds is 8. The molecule has 0 radical (unpaired) electrons. The number of benzene rings is 4. The summed E-state index contributed by atoms with van der Waals surface area (Å²) in [6, 6.07) is 32.3. The zero-order valence-electron chi connectivity index (χ0n) is 22.2. The summed E-state index contributed by atoms with van der Waals surface area (Å²) in [7, 11) is 0. The van der Waals surface area contributed by atoms with Gasteiger partial charge >= 0.3 is 5.97 Å². The molecule has 1 aliphatic heterocycles. The molecule has 1 aliphatic rings. The molecule has 5 rings (SSSR count). The highest BCUT2D eigenvalue weighted by Gasteiger charge is 2.32. The number of amides is 1. The number of carbonyl (C=O) groups is 2. The molecule has 0 aromatic heterocycles. The Labute approximate surface area is 229 Å². The van der Waals surface area contributed by atoms with Gasteiger partial charge in [-0.25, -0.2) is 4.79 Å². The van der Waals surface area contributed by atoms with Crippen LogP contribution in [0.4, 0.5) is 0 Å². The van der Waals surface area contributed by atoms with Crippen molar-refractivity contribution in [3.63, 3.8) is 0 Å². The van der Waals surface area contributed by atoms with E-state index < -0.39 is 5.97 Å². The standard InChI is InChI=1S/C34H34N2O3/c1-24(30-16-8-13-26-12-5-6-15-31(26)30)35-22-29-19-20-36(23-32(29)27-10-3-2-4-11-27)33(37)18-17-25-9-7-14-28(21-25)34(38)39/h2-18,21,24,29,32,35H,19-20,22-23H2,1H3,(H,38,39)/b18-17+. The Kier molecular flexibility index (Phi) is 8.18. The second-order valence-electron chi connectivity index (χ2n) is 10.3. The number of carboxylic acid groups (broad SMARTS) is 1. The number of hydrogen-bond acceptors (Lipinski definition) is 3. The van der Waals surface area contributed by atoms with Crippen LogP contribution < -0.4 is 5.32 Å². The smallest absolute Gasteiger partial charge is 0.335 e. The average molecular weight is 519 g/mol. The summed E-state index contributed by atoms with van der Waals surface area (Å²) in [6.45, 7) is 4.43. The first-order valence-electron chi connectivity index (χ1n) is 13.6. The number of carbonyl (C=O) groups excluding carboxylic acids is 1. The van der Waals surface area contributed by atoms with E-state index in [1.165, 1.54) is 21.9 Å². The lowest BCUT2D eigenvalue weighted by atomic mass is 9.80. The fourth-order valence-electron chi connectivity index (χ4n) is 5.64. The van der Waals surface area contributed by atoms with E-state index in [9.17, 15) is 14.7 Å². The lowest BCUT2D eigenvalue weighted by Gasteiger charge is -2.39. The van der Waals surface area contributed by atoms with E-state index in [1.807, 2.05) is 11.0 Å². The van der Waals surface area contributed by atoms with Gasteiger partial charge in [0.25, 0.3) is 0 Å². The van der Waals surface area contributed by atoms with Crippen molar-refractivity contribution in [3.8, 4) is 0 Å². The molecule has 3 unspecified atom stereocenters. The molecule has 198 valence electrons. The van der Waals surface area contributed by atoms with Crippen LogP contribution in [0, 0.1) is 5.92 Å². The minimum atomic E-state index is -0.979. The molecule has 0 saturated carbocycles. The molecule has 1 fully saturated rings. The summed E-state index contributed by atoms with van der Waals surface area (Å²) in [5, 5.41) is 15.6. The first-order valence-corrected chi connectivity index (χ1v) is 13.6. The monoisotopic (exact) mass is 518 g/mol. The van der Waals surface area contributed by atoms with Gasteiger partial charge in [-0.3, -0.25) is 4.79 Å². The van der Waals surface area contributed by atoms with Crippen LogP contribution in [-0.2, 0) is 4.79 Å². The van der Waals surface area contributed by atoms with Gasteiger partial charge in [0, 0.05) is 31.1 Å². The Balaban J connectivity index is 1.28. The maximum absolute atomic E-state index is 13.2. The number of likely N-dealkylation sites (tertiary alicyclic amines) is 1. The molecule has 0 aliphatic carbocycles. The van der Waals surface area contributed by atoms with Gasteiger partial charge in [0.2, 0.25) is 5.91 Å². The topological polar surface area (TPSA) is 69.6 Å². The SMILES string of the molecule is CC(NCC1CCN(C(=O)/C=C/c2cccc(C(=O)O)c2)CC1c1ccccc1)c1cccc2ccccc12. The van der Waals surface area contributed by atoms with Gasteiger partial charge in [-0.05, 0) is 71.5 Å². The minimum absolute atomic E-state index is 0.0489. The number of carboxylic acids is 1. The van der Waals surface area contributed by atoms with Gasteiger partial charge in [0.15, 0.2) is 0 Å². The van der Waals surface area contributed by atoms with E-state index in [0.717, 1.165) is 13.0 Å². The van der Waals surface area contributed by atoms with Crippen molar-refractivity contribution in [3.05, 3.63) is 125 Å². The molecule has 5 heteroatoms. The maximum atomic E-state index is 13.2. The summed E-state index contributed by atoms with van der Waals surface area (Å²) in [5.74, 6) is -0.412. The first-order chi connectivity index (χ1) is 19.0. The highest BCUT2D eigenvalue weighted by Crippen LogP contribution is 2.33. The number of aromatic carboxylic acids is 1. The van der Waals surface area contributed by atoms with Crippen molar-refractivity contribution in [2.45, 2.75) is 25.3 Å². The average Bonchev–Trinajstić information content (AvgIpc) is 2.99. The van der Waals surface area contributed by atoms with Crippen LogP contribution in [0.5, 0.6) is 0 Å². The molecule has 39 heavy (non-hydrogen) atoms. The third-order valence-electron chi connectivity index (χ3n) is 7.82. The molecule has 5 nitrogen and oxygen atoms in total. The van der Waals surface area contributed by atoms with E-state index in [0.29, 0.717) is 24.6 Å². The van der Waals surface area contributed by atoms with Crippen LogP contribution in [0.1, 0.15) is 52.4 Å². The highest BCUT2D eigenvalue weighted by molar-refractivity contribution is 5.93. The highest BCUT2D eigenvalue weighted by atomic mass is 16.4. The molecular weight excluding hydrogens is 484 g/mol. The van der Waals surface area contributed by atoms with Crippen molar-refractivity contribution in [1.29, 1.82) is 0 Å². The number of nitrogens with one attached hydrogen (secondary N) is 1.